The quantitative estimate of drug-likeness (QED) is 0.882. The van der Waals surface area contributed by atoms with Crippen molar-refractivity contribution in [3.05, 3.63) is 28.2 Å². The molecule has 1 amide bonds. The number of piperidine rings is 1. The van der Waals surface area contributed by atoms with Crippen molar-refractivity contribution < 1.29 is 13.2 Å². The highest BCUT2D eigenvalue weighted by Gasteiger charge is 2.30. The molecular weight excluding hydrogens is 356 g/mol. The highest BCUT2D eigenvalue weighted by atomic mass is 79.9. The highest BCUT2D eigenvalue weighted by Crippen LogP contribution is 2.23. The molecule has 0 aliphatic carbocycles. The number of halogens is 1. The fraction of sp³-hybridized carbons (Fsp3) is 0.500. The molecule has 0 bridgehead atoms. The van der Waals surface area contributed by atoms with Gasteiger partial charge in [-0.3, -0.25) is 4.79 Å². The Kier molecular flexibility index (Phi) is 5.06. The molecule has 116 valence electrons. The number of nitrogens with zero attached hydrogens (tertiary/aromatic N) is 1. The van der Waals surface area contributed by atoms with Gasteiger partial charge < -0.3 is 5.32 Å². The molecule has 1 aromatic carbocycles. The Hall–Kier alpha value is -0.920. The van der Waals surface area contributed by atoms with Crippen molar-refractivity contribution in [3.63, 3.8) is 0 Å². The number of anilines is 1. The molecule has 7 heteroatoms. The Balaban J connectivity index is 2.04. The standard InChI is InChI=1S/C14H19BrN2O3S/c1-10-8-12(5-6-13(10)15)16-14(18)11-4-3-7-17(9-11)21(2,19)20/h5-6,8,11H,3-4,7,9H2,1-2H3,(H,16,18)/t11-/m0/s1. The van der Waals surface area contributed by atoms with E-state index in [0.717, 1.165) is 15.7 Å². The van der Waals surface area contributed by atoms with Crippen LogP contribution in [0.15, 0.2) is 22.7 Å². The fourth-order valence-electron chi connectivity index (χ4n) is 2.42. The molecule has 0 saturated carbocycles. The first kappa shape index (κ1) is 16.5. The van der Waals surface area contributed by atoms with Gasteiger partial charge >= 0.3 is 0 Å². The topological polar surface area (TPSA) is 66.5 Å². The average Bonchev–Trinajstić information content (AvgIpc) is 2.42. The second-order valence-corrected chi connectivity index (χ2v) is 8.25. The Morgan fingerprint density at radius 2 is 2.14 bits per heavy atom. The molecule has 0 spiro atoms. The van der Waals surface area contributed by atoms with Gasteiger partial charge in [-0.15, -0.1) is 0 Å². The van der Waals surface area contributed by atoms with Gasteiger partial charge in [0.2, 0.25) is 15.9 Å². The second kappa shape index (κ2) is 6.46. The van der Waals surface area contributed by atoms with Gasteiger partial charge in [0.05, 0.1) is 12.2 Å². The van der Waals surface area contributed by atoms with Crippen molar-refractivity contribution in [2.45, 2.75) is 19.8 Å². The smallest absolute Gasteiger partial charge is 0.228 e. The molecule has 1 heterocycles. The molecule has 5 nitrogen and oxygen atoms in total. The molecule has 0 aromatic heterocycles. The lowest BCUT2D eigenvalue weighted by Crippen LogP contribution is -2.43. The second-order valence-electron chi connectivity index (χ2n) is 5.41. The van der Waals surface area contributed by atoms with E-state index in [1.54, 1.807) is 0 Å². The number of carbonyl (C=O) groups excluding carboxylic acids is 1. The third-order valence-corrected chi connectivity index (χ3v) is 5.81. The van der Waals surface area contributed by atoms with Crippen LogP contribution in [0.25, 0.3) is 0 Å². The fourth-order valence-corrected chi connectivity index (χ4v) is 3.58. The lowest BCUT2D eigenvalue weighted by atomic mass is 9.98. The number of hydrogen-bond acceptors (Lipinski definition) is 3. The maximum atomic E-state index is 12.3. The van der Waals surface area contributed by atoms with Gasteiger partial charge in [-0.2, -0.15) is 0 Å². The zero-order chi connectivity index (χ0) is 15.6. The molecule has 1 aromatic rings. The van der Waals surface area contributed by atoms with E-state index in [0.29, 0.717) is 19.4 Å². The molecule has 2 rings (SSSR count). The molecule has 21 heavy (non-hydrogen) atoms. The number of benzene rings is 1. The van der Waals surface area contributed by atoms with Gasteiger partial charge in [0, 0.05) is 23.2 Å². The summed E-state index contributed by atoms with van der Waals surface area (Å²) in [5, 5.41) is 2.87. The van der Waals surface area contributed by atoms with Crippen LogP contribution in [0.2, 0.25) is 0 Å². The van der Waals surface area contributed by atoms with Gasteiger partial charge in [-0.25, -0.2) is 12.7 Å². The summed E-state index contributed by atoms with van der Waals surface area (Å²) in [6, 6.07) is 5.60. The lowest BCUT2D eigenvalue weighted by Gasteiger charge is -2.30. The third kappa shape index (κ3) is 4.28. The largest absolute Gasteiger partial charge is 0.326 e. The van der Waals surface area contributed by atoms with E-state index in [9.17, 15) is 13.2 Å². The molecule has 0 radical (unpaired) electrons. The normalized spacial score (nSPS) is 20.2. The zero-order valence-corrected chi connectivity index (χ0v) is 14.5. The van der Waals surface area contributed by atoms with E-state index in [1.807, 2.05) is 25.1 Å². The van der Waals surface area contributed by atoms with E-state index in [2.05, 4.69) is 21.2 Å². The molecule has 1 aliphatic rings. The first-order valence-electron chi connectivity index (χ1n) is 6.79. The number of sulfonamides is 1. The van der Waals surface area contributed by atoms with Crippen molar-refractivity contribution in [1.29, 1.82) is 0 Å². The summed E-state index contributed by atoms with van der Waals surface area (Å²) in [5.74, 6) is -0.414. The van der Waals surface area contributed by atoms with Crippen LogP contribution in [0.5, 0.6) is 0 Å². The van der Waals surface area contributed by atoms with Gasteiger partial charge in [0.25, 0.3) is 0 Å². The number of amides is 1. The Bertz CT molecular complexity index is 646. The molecule has 1 aliphatic heterocycles. The monoisotopic (exact) mass is 374 g/mol. The first-order chi connectivity index (χ1) is 9.77. The number of carbonyl (C=O) groups is 1. The van der Waals surface area contributed by atoms with E-state index >= 15 is 0 Å². The van der Waals surface area contributed by atoms with Gasteiger partial charge in [-0.05, 0) is 43.5 Å². The van der Waals surface area contributed by atoms with Crippen LogP contribution in [0.4, 0.5) is 5.69 Å². The molecular formula is C14H19BrN2O3S. The van der Waals surface area contributed by atoms with Gasteiger partial charge in [-0.1, -0.05) is 15.9 Å². The Morgan fingerprint density at radius 3 is 2.76 bits per heavy atom. The molecule has 1 saturated heterocycles. The number of hydrogen-bond donors (Lipinski definition) is 1. The van der Waals surface area contributed by atoms with Gasteiger partial charge in [0.1, 0.15) is 0 Å². The summed E-state index contributed by atoms with van der Waals surface area (Å²) in [4.78, 5) is 12.3. The van der Waals surface area contributed by atoms with Crippen molar-refractivity contribution in [3.8, 4) is 0 Å². The van der Waals surface area contributed by atoms with Crippen LogP contribution >= 0.6 is 15.9 Å². The lowest BCUT2D eigenvalue weighted by molar-refractivity contribution is -0.120. The maximum Gasteiger partial charge on any atom is 0.228 e. The van der Waals surface area contributed by atoms with E-state index in [-0.39, 0.29) is 18.4 Å². The molecule has 1 fully saturated rings. The van der Waals surface area contributed by atoms with Crippen molar-refractivity contribution in [2.24, 2.45) is 5.92 Å². The van der Waals surface area contributed by atoms with E-state index in [4.69, 9.17) is 0 Å². The Morgan fingerprint density at radius 1 is 1.43 bits per heavy atom. The van der Waals surface area contributed by atoms with Crippen LogP contribution in [0.3, 0.4) is 0 Å². The van der Waals surface area contributed by atoms with Crippen LogP contribution < -0.4 is 5.32 Å². The number of rotatable bonds is 3. The molecule has 1 atom stereocenters. The molecule has 1 N–H and O–H groups in total. The predicted molar refractivity (Wildman–Crippen MR) is 86.6 cm³/mol. The minimum absolute atomic E-state index is 0.120. The Labute approximate surface area is 133 Å². The van der Waals surface area contributed by atoms with E-state index < -0.39 is 10.0 Å². The van der Waals surface area contributed by atoms with Crippen molar-refractivity contribution in [1.82, 2.24) is 4.31 Å². The predicted octanol–water partition coefficient (Wildman–Crippen LogP) is 2.37. The van der Waals surface area contributed by atoms with E-state index in [1.165, 1.54) is 10.6 Å². The minimum Gasteiger partial charge on any atom is -0.326 e. The first-order valence-corrected chi connectivity index (χ1v) is 9.43. The summed E-state index contributed by atoms with van der Waals surface area (Å²) in [7, 11) is -3.23. The third-order valence-electron chi connectivity index (χ3n) is 3.65. The summed E-state index contributed by atoms with van der Waals surface area (Å²) in [6.45, 7) is 2.71. The van der Waals surface area contributed by atoms with Crippen molar-refractivity contribution >= 4 is 37.5 Å². The number of nitrogens with one attached hydrogen (secondary N) is 1. The highest BCUT2D eigenvalue weighted by molar-refractivity contribution is 9.10. The van der Waals surface area contributed by atoms with Crippen LogP contribution in [-0.2, 0) is 14.8 Å². The van der Waals surface area contributed by atoms with Gasteiger partial charge in [0.15, 0.2) is 0 Å². The number of aryl methyl sites for hydroxylation is 1. The maximum absolute atomic E-state index is 12.3. The zero-order valence-electron chi connectivity index (χ0n) is 12.1. The minimum atomic E-state index is -3.23. The average molecular weight is 375 g/mol. The summed E-state index contributed by atoms with van der Waals surface area (Å²) >= 11 is 3.42. The molecule has 0 unspecified atom stereocenters. The SMILES string of the molecule is Cc1cc(NC(=O)[C@H]2CCCN(S(C)(=O)=O)C2)ccc1Br. The van der Waals surface area contributed by atoms with Crippen LogP contribution in [0, 0.1) is 12.8 Å². The van der Waals surface area contributed by atoms with Crippen LogP contribution in [0.1, 0.15) is 18.4 Å². The van der Waals surface area contributed by atoms with Crippen LogP contribution in [-0.4, -0.2) is 38.0 Å². The summed E-state index contributed by atoms with van der Waals surface area (Å²) < 4.78 is 25.5. The van der Waals surface area contributed by atoms with Crippen molar-refractivity contribution in [2.75, 3.05) is 24.7 Å². The summed E-state index contributed by atoms with van der Waals surface area (Å²) in [5.41, 5.74) is 1.77. The summed E-state index contributed by atoms with van der Waals surface area (Å²) in [6.07, 6.45) is 2.61.